The topological polar surface area (TPSA) is 64.7 Å². The Morgan fingerprint density at radius 3 is 2.52 bits per heavy atom. The zero-order valence-electron chi connectivity index (χ0n) is 14.5. The second-order valence-corrected chi connectivity index (χ2v) is 7.26. The predicted molar refractivity (Wildman–Crippen MR) is 101 cm³/mol. The number of carbonyl (C=O) groups is 2. The van der Waals surface area contributed by atoms with Gasteiger partial charge in [-0.05, 0) is 25.1 Å². The highest BCUT2D eigenvalue weighted by Gasteiger charge is 2.19. The highest BCUT2D eigenvalue weighted by Crippen LogP contribution is 2.29. The van der Waals surface area contributed by atoms with Gasteiger partial charge in [0, 0.05) is 39.3 Å². The zero-order chi connectivity index (χ0) is 18.4. The summed E-state index contributed by atoms with van der Waals surface area (Å²) in [6.07, 6.45) is 0. The first-order valence-corrected chi connectivity index (χ1v) is 9.06. The van der Waals surface area contributed by atoms with Crippen molar-refractivity contribution < 1.29 is 9.59 Å². The van der Waals surface area contributed by atoms with Crippen molar-refractivity contribution in [1.82, 2.24) is 15.1 Å². The van der Waals surface area contributed by atoms with Gasteiger partial charge in [-0.3, -0.25) is 9.59 Å². The van der Waals surface area contributed by atoms with E-state index in [-0.39, 0.29) is 10.9 Å². The lowest BCUT2D eigenvalue weighted by molar-refractivity contribution is -0.136. The summed E-state index contributed by atoms with van der Waals surface area (Å²) in [5.41, 5.74) is 0.319. The average molecular weight is 387 g/mol. The molecule has 1 aromatic rings. The Labute approximate surface area is 158 Å². The molecule has 0 aromatic heterocycles. The molecule has 138 valence electrons. The van der Waals surface area contributed by atoms with Gasteiger partial charge in [-0.1, -0.05) is 36.2 Å². The molecule has 1 saturated heterocycles. The second kappa shape index (κ2) is 9.38. The molecule has 1 aliphatic heterocycles. The molecule has 0 radical (unpaired) electrons. The third-order valence-electron chi connectivity index (χ3n) is 4.18. The first-order valence-electron chi connectivity index (χ1n) is 8.31. The molecule has 1 heterocycles. The van der Waals surface area contributed by atoms with Gasteiger partial charge in [0.1, 0.15) is 0 Å². The van der Waals surface area contributed by atoms with Crippen LogP contribution >= 0.6 is 23.2 Å². The van der Waals surface area contributed by atoms with Crippen molar-refractivity contribution in [2.45, 2.75) is 6.92 Å². The lowest BCUT2D eigenvalue weighted by atomic mass is 10.1. The second-order valence-electron chi connectivity index (χ2n) is 6.47. The maximum absolute atomic E-state index is 12.0. The van der Waals surface area contributed by atoms with Crippen LogP contribution in [0.15, 0.2) is 18.2 Å². The number of likely N-dealkylation sites (N-methyl/N-ethyl adjacent to an activating group) is 1. The van der Waals surface area contributed by atoms with Gasteiger partial charge in [-0.15, -0.1) is 0 Å². The number of halogens is 2. The summed E-state index contributed by atoms with van der Waals surface area (Å²) >= 11 is 11.9. The van der Waals surface area contributed by atoms with Crippen molar-refractivity contribution in [3.8, 4) is 0 Å². The van der Waals surface area contributed by atoms with Gasteiger partial charge in [0.05, 0.1) is 15.7 Å². The Balaban J connectivity index is 1.75. The average Bonchev–Trinajstić information content (AvgIpc) is 2.58. The van der Waals surface area contributed by atoms with E-state index in [9.17, 15) is 9.59 Å². The molecule has 1 aliphatic rings. The Morgan fingerprint density at radius 2 is 1.84 bits per heavy atom. The van der Waals surface area contributed by atoms with E-state index in [1.807, 2.05) is 0 Å². The predicted octanol–water partition coefficient (Wildman–Crippen LogP) is 1.93. The van der Waals surface area contributed by atoms with Crippen LogP contribution in [-0.2, 0) is 9.59 Å². The van der Waals surface area contributed by atoms with Crippen LogP contribution in [0.1, 0.15) is 6.92 Å². The van der Waals surface area contributed by atoms with E-state index in [0.717, 1.165) is 32.7 Å². The van der Waals surface area contributed by atoms with Crippen LogP contribution in [0.3, 0.4) is 0 Å². The van der Waals surface area contributed by atoms with Gasteiger partial charge in [0.15, 0.2) is 0 Å². The number of rotatable bonds is 5. The third-order valence-corrected chi connectivity index (χ3v) is 5.00. The molecule has 1 fully saturated rings. The summed E-state index contributed by atoms with van der Waals surface area (Å²) in [5.74, 6) is -1.17. The van der Waals surface area contributed by atoms with E-state index >= 15 is 0 Å². The van der Waals surface area contributed by atoms with Crippen molar-refractivity contribution in [2.75, 3.05) is 51.6 Å². The van der Waals surface area contributed by atoms with Gasteiger partial charge in [0.25, 0.3) is 0 Å². The molecule has 0 bridgehead atoms. The van der Waals surface area contributed by atoms with E-state index in [1.165, 1.54) is 0 Å². The number of benzene rings is 1. The van der Waals surface area contributed by atoms with Gasteiger partial charge >= 0.3 is 11.8 Å². The van der Waals surface area contributed by atoms with E-state index in [2.05, 4.69) is 34.4 Å². The van der Waals surface area contributed by atoms with Crippen LogP contribution in [0.5, 0.6) is 0 Å². The van der Waals surface area contributed by atoms with Crippen molar-refractivity contribution in [3.63, 3.8) is 0 Å². The SMILES string of the molecule is CC(CNC(=O)C(=O)Nc1cccc(Cl)c1Cl)CN1CCN(C)CC1. The van der Waals surface area contributed by atoms with Gasteiger partial charge < -0.3 is 20.4 Å². The molecular formula is C17H24Cl2N4O2. The molecular weight excluding hydrogens is 363 g/mol. The zero-order valence-corrected chi connectivity index (χ0v) is 16.0. The molecule has 1 atom stereocenters. The molecule has 0 spiro atoms. The summed E-state index contributed by atoms with van der Waals surface area (Å²) in [7, 11) is 2.12. The number of carbonyl (C=O) groups excluding carboxylic acids is 2. The summed E-state index contributed by atoms with van der Waals surface area (Å²) in [6.45, 7) is 7.58. The lowest BCUT2D eigenvalue weighted by Crippen LogP contribution is -2.47. The van der Waals surface area contributed by atoms with Crippen LogP contribution in [0.4, 0.5) is 5.69 Å². The third kappa shape index (κ3) is 6.15. The van der Waals surface area contributed by atoms with E-state index < -0.39 is 11.8 Å². The molecule has 2 rings (SSSR count). The normalized spacial score (nSPS) is 17.1. The van der Waals surface area contributed by atoms with Crippen molar-refractivity contribution in [3.05, 3.63) is 28.2 Å². The summed E-state index contributed by atoms with van der Waals surface area (Å²) in [5, 5.41) is 5.68. The van der Waals surface area contributed by atoms with Gasteiger partial charge in [0.2, 0.25) is 0 Å². The molecule has 2 N–H and O–H groups in total. The van der Waals surface area contributed by atoms with Gasteiger partial charge in [-0.25, -0.2) is 0 Å². The Hall–Kier alpha value is -1.34. The van der Waals surface area contributed by atoms with Crippen LogP contribution in [0.25, 0.3) is 0 Å². The first kappa shape index (κ1) is 20.0. The van der Waals surface area contributed by atoms with Crippen LogP contribution in [0.2, 0.25) is 10.0 Å². The van der Waals surface area contributed by atoms with Crippen LogP contribution < -0.4 is 10.6 Å². The smallest absolute Gasteiger partial charge is 0.313 e. The molecule has 1 aromatic carbocycles. The fourth-order valence-corrected chi connectivity index (χ4v) is 3.01. The fraction of sp³-hybridized carbons (Fsp3) is 0.529. The quantitative estimate of drug-likeness (QED) is 0.758. The van der Waals surface area contributed by atoms with E-state index in [4.69, 9.17) is 23.2 Å². The Morgan fingerprint density at radius 1 is 1.16 bits per heavy atom. The minimum Gasteiger partial charge on any atom is -0.348 e. The molecule has 0 aliphatic carbocycles. The number of piperazine rings is 1. The number of amides is 2. The monoisotopic (exact) mass is 386 g/mol. The van der Waals surface area contributed by atoms with Crippen LogP contribution in [0, 0.1) is 5.92 Å². The van der Waals surface area contributed by atoms with Crippen molar-refractivity contribution >= 4 is 40.7 Å². The van der Waals surface area contributed by atoms with Crippen LogP contribution in [-0.4, -0.2) is 67.9 Å². The maximum atomic E-state index is 12.0. The molecule has 25 heavy (non-hydrogen) atoms. The number of anilines is 1. The number of hydrogen-bond donors (Lipinski definition) is 2. The standard InChI is InChI=1S/C17H24Cl2N4O2/c1-12(11-23-8-6-22(2)7-9-23)10-20-16(24)17(25)21-14-5-3-4-13(18)15(14)19/h3-5,12H,6-11H2,1-2H3,(H,20,24)(H,21,25). The molecule has 8 heteroatoms. The molecule has 1 unspecified atom stereocenters. The van der Waals surface area contributed by atoms with Crippen molar-refractivity contribution in [1.29, 1.82) is 0 Å². The Kier molecular flexibility index (Phi) is 7.50. The number of nitrogens with zero attached hydrogens (tertiary/aromatic N) is 2. The van der Waals surface area contributed by atoms with E-state index in [0.29, 0.717) is 17.3 Å². The minimum atomic E-state index is -0.754. The van der Waals surface area contributed by atoms with Gasteiger partial charge in [-0.2, -0.15) is 0 Å². The highest BCUT2D eigenvalue weighted by molar-refractivity contribution is 6.45. The first-order chi connectivity index (χ1) is 11.9. The van der Waals surface area contributed by atoms with E-state index in [1.54, 1.807) is 18.2 Å². The highest BCUT2D eigenvalue weighted by atomic mass is 35.5. The fourth-order valence-electron chi connectivity index (χ4n) is 2.66. The summed E-state index contributed by atoms with van der Waals surface area (Å²) in [6, 6.07) is 4.86. The maximum Gasteiger partial charge on any atom is 0.313 e. The lowest BCUT2D eigenvalue weighted by Gasteiger charge is -2.33. The summed E-state index contributed by atoms with van der Waals surface area (Å²) in [4.78, 5) is 28.6. The molecule has 0 saturated carbocycles. The largest absolute Gasteiger partial charge is 0.348 e. The minimum absolute atomic E-state index is 0.216. The molecule has 6 nitrogen and oxygen atoms in total. The Bertz CT molecular complexity index is 619. The number of nitrogens with one attached hydrogen (secondary N) is 2. The number of hydrogen-bond acceptors (Lipinski definition) is 4. The molecule has 2 amide bonds. The summed E-state index contributed by atoms with van der Waals surface area (Å²) < 4.78 is 0. The van der Waals surface area contributed by atoms with Crippen molar-refractivity contribution in [2.24, 2.45) is 5.92 Å².